The topological polar surface area (TPSA) is 67.4 Å². The molecule has 0 aliphatic rings. The summed E-state index contributed by atoms with van der Waals surface area (Å²) in [7, 11) is 0. The zero-order valence-electron chi connectivity index (χ0n) is 14.5. The van der Waals surface area contributed by atoms with Gasteiger partial charge in [0.05, 0.1) is 6.42 Å². The third kappa shape index (κ3) is 4.39. The van der Waals surface area contributed by atoms with Crippen molar-refractivity contribution in [2.75, 3.05) is 6.61 Å². The zero-order chi connectivity index (χ0) is 18.4. The van der Waals surface area contributed by atoms with E-state index >= 15 is 0 Å². The summed E-state index contributed by atoms with van der Waals surface area (Å²) in [4.78, 5) is 24.0. The third-order valence-corrected chi connectivity index (χ3v) is 4.02. The highest BCUT2D eigenvalue weighted by molar-refractivity contribution is 5.91. The SMILES string of the molecule is Cc1ccccc1OCC(=O)NNC(=O)Cc1cccc2ccccc12. The van der Waals surface area contributed by atoms with Crippen molar-refractivity contribution in [1.82, 2.24) is 10.9 Å². The maximum absolute atomic E-state index is 12.1. The maximum atomic E-state index is 12.1. The van der Waals surface area contributed by atoms with Gasteiger partial charge >= 0.3 is 0 Å². The third-order valence-electron chi connectivity index (χ3n) is 4.02. The molecule has 0 fully saturated rings. The molecule has 5 nitrogen and oxygen atoms in total. The molecule has 0 saturated carbocycles. The highest BCUT2D eigenvalue weighted by atomic mass is 16.5. The lowest BCUT2D eigenvalue weighted by molar-refractivity contribution is -0.129. The first-order valence-electron chi connectivity index (χ1n) is 8.36. The summed E-state index contributed by atoms with van der Waals surface area (Å²) in [5.74, 6) is -0.0603. The summed E-state index contributed by atoms with van der Waals surface area (Å²) < 4.78 is 5.44. The molecular weight excluding hydrogens is 328 g/mol. The Hall–Kier alpha value is -3.34. The van der Waals surface area contributed by atoms with Crippen LogP contribution >= 0.6 is 0 Å². The minimum atomic E-state index is -0.417. The molecule has 0 radical (unpaired) electrons. The van der Waals surface area contributed by atoms with Crippen molar-refractivity contribution in [3.63, 3.8) is 0 Å². The van der Waals surface area contributed by atoms with Crippen molar-refractivity contribution in [1.29, 1.82) is 0 Å². The fraction of sp³-hybridized carbons (Fsp3) is 0.143. The number of benzene rings is 3. The van der Waals surface area contributed by atoms with E-state index in [1.165, 1.54) is 0 Å². The Kier molecular flexibility index (Phi) is 5.49. The first-order valence-corrected chi connectivity index (χ1v) is 8.36. The number of rotatable bonds is 5. The molecule has 132 valence electrons. The molecule has 26 heavy (non-hydrogen) atoms. The minimum absolute atomic E-state index is 0.167. The lowest BCUT2D eigenvalue weighted by atomic mass is 10.0. The molecule has 2 amide bonds. The van der Waals surface area contributed by atoms with Crippen LogP contribution in [0.1, 0.15) is 11.1 Å². The van der Waals surface area contributed by atoms with E-state index in [1.807, 2.05) is 67.6 Å². The maximum Gasteiger partial charge on any atom is 0.276 e. The summed E-state index contributed by atoms with van der Waals surface area (Å²) in [5.41, 5.74) is 6.66. The Morgan fingerprint density at radius 3 is 2.38 bits per heavy atom. The van der Waals surface area contributed by atoms with Crippen molar-refractivity contribution < 1.29 is 14.3 Å². The van der Waals surface area contributed by atoms with Crippen LogP contribution in [0.15, 0.2) is 66.7 Å². The zero-order valence-corrected chi connectivity index (χ0v) is 14.5. The van der Waals surface area contributed by atoms with Gasteiger partial charge in [-0.1, -0.05) is 60.7 Å². The summed E-state index contributed by atoms with van der Waals surface area (Å²) in [6, 6.07) is 21.1. The standard InChI is InChI=1S/C21H20N2O3/c1-15-7-2-5-12-19(15)26-14-21(25)23-22-20(24)13-17-10-6-9-16-8-3-4-11-18(16)17/h2-12H,13-14H2,1H3,(H,22,24)(H,23,25). The molecule has 0 aliphatic heterocycles. The number of fused-ring (bicyclic) bond motifs is 1. The second kappa shape index (κ2) is 8.16. The van der Waals surface area contributed by atoms with E-state index in [0.29, 0.717) is 5.75 Å². The quantitative estimate of drug-likeness (QED) is 0.697. The summed E-state index contributed by atoms with van der Waals surface area (Å²) in [6.45, 7) is 1.73. The van der Waals surface area contributed by atoms with Gasteiger partial charge in [0.1, 0.15) is 5.75 Å². The van der Waals surface area contributed by atoms with Crippen molar-refractivity contribution in [2.24, 2.45) is 0 Å². The predicted octanol–water partition coefficient (Wildman–Crippen LogP) is 2.92. The summed E-state index contributed by atoms with van der Waals surface area (Å²) >= 11 is 0. The highest BCUT2D eigenvalue weighted by Crippen LogP contribution is 2.18. The summed E-state index contributed by atoms with van der Waals surface area (Å²) in [6.07, 6.45) is 0.181. The fourth-order valence-corrected chi connectivity index (χ4v) is 2.70. The molecule has 0 saturated heterocycles. The van der Waals surface area contributed by atoms with Crippen molar-refractivity contribution in [3.8, 4) is 5.75 Å². The predicted molar refractivity (Wildman–Crippen MR) is 101 cm³/mol. The molecule has 2 N–H and O–H groups in total. The number of carbonyl (C=O) groups excluding carboxylic acids is 2. The van der Waals surface area contributed by atoms with E-state index in [9.17, 15) is 9.59 Å². The van der Waals surface area contributed by atoms with Gasteiger partial charge in [-0.05, 0) is 34.9 Å². The van der Waals surface area contributed by atoms with Gasteiger partial charge in [0.25, 0.3) is 5.91 Å². The van der Waals surface area contributed by atoms with Gasteiger partial charge in [-0.25, -0.2) is 0 Å². The van der Waals surface area contributed by atoms with Gasteiger partial charge in [0.2, 0.25) is 5.91 Å². The van der Waals surface area contributed by atoms with E-state index < -0.39 is 5.91 Å². The Bertz CT molecular complexity index is 932. The smallest absolute Gasteiger partial charge is 0.276 e. The second-order valence-corrected chi connectivity index (χ2v) is 5.97. The first-order chi connectivity index (χ1) is 12.6. The number of hydrogen-bond donors (Lipinski definition) is 2. The van der Waals surface area contributed by atoms with Gasteiger partial charge in [-0.2, -0.15) is 0 Å². The molecular formula is C21H20N2O3. The Balaban J connectivity index is 1.50. The average Bonchev–Trinajstić information content (AvgIpc) is 2.66. The van der Waals surface area contributed by atoms with Crippen LogP contribution in [0.2, 0.25) is 0 Å². The van der Waals surface area contributed by atoms with Crippen molar-refractivity contribution in [3.05, 3.63) is 77.9 Å². The lowest BCUT2D eigenvalue weighted by Crippen LogP contribution is -2.44. The van der Waals surface area contributed by atoms with Crippen LogP contribution in [0.4, 0.5) is 0 Å². The number of nitrogens with one attached hydrogen (secondary N) is 2. The second-order valence-electron chi connectivity index (χ2n) is 5.97. The largest absolute Gasteiger partial charge is 0.483 e. The molecule has 0 aliphatic carbocycles. The monoisotopic (exact) mass is 348 g/mol. The van der Waals surface area contributed by atoms with E-state index in [2.05, 4.69) is 10.9 Å². The van der Waals surface area contributed by atoms with Gasteiger partial charge < -0.3 is 4.74 Å². The molecule has 0 spiro atoms. The fourth-order valence-electron chi connectivity index (χ4n) is 2.70. The van der Waals surface area contributed by atoms with Crippen LogP contribution in [-0.2, 0) is 16.0 Å². The van der Waals surface area contributed by atoms with E-state index in [4.69, 9.17) is 4.74 Å². The highest BCUT2D eigenvalue weighted by Gasteiger charge is 2.09. The number of hydrogen-bond acceptors (Lipinski definition) is 3. The van der Waals surface area contributed by atoms with Crippen LogP contribution in [0.25, 0.3) is 10.8 Å². The van der Waals surface area contributed by atoms with Crippen LogP contribution < -0.4 is 15.6 Å². The molecule has 0 heterocycles. The van der Waals surface area contributed by atoms with Crippen molar-refractivity contribution >= 4 is 22.6 Å². The Morgan fingerprint density at radius 2 is 1.54 bits per heavy atom. The first kappa shape index (κ1) is 17.5. The molecule has 0 aromatic heterocycles. The van der Waals surface area contributed by atoms with Gasteiger partial charge in [0, 0.05) is 0 Å². The summed E-state index contributed by atoms with van der Waals surface area (Å²) in [5, 5.41) is 2.10. The molecule has 3 aromatic rings. The molecule has 0 bridgehead atoms. The number of para-hydroxylation sites is 1. The van der Waals surface area contributed by atoms with Crippen LogP contribution in [0, 0.1) is 6.92 Å². The molecule has 0 unspecified atom stereocenters. The van der Waals surface area contributed by atoms with Crippen LogP contribution in [0.5, 0.6) is 5.75 Å². The average molecular weight is 348 g/mol. The van der Waals surface area contributed by atoms with E-state index in [-0.39, 0.29) is 18.9 Å². The number of ether oxygens (including phenoxy) is 1. The Morgan fingerprint density at radius 1 is 0.846 bits per heavy atom. The number of carbonyl (C=O) groups is 2. The number of amides is 2. The minimum Gasteiger partial charge on any atom is -0.483 e. The molecule has 3 rings (SSSR count). The normalized spacial score (nSPS) is 10.3. The van der Waals surface area contributed by atoms with Crippen LogP contribution in [0.3, 0.4) is 0 Å². The molecule has 3 aromatic carbocycles. The lowest BCUT2D eigenvalue weighted by Gasteiger charge is -2.11. The number of aryl methyl sites for hydroxylation is 1. The Labute approximate surface area is 152 Å². The van der Waals surface area contributed by atoms with Gasteiger partial charge in [0.15, 0.2) is 6.61 Å². The molecule has 5 heteroatoms. The van der Waals surface area contributed by atoms with E-state index in [1.54, 1.807) is 6.07 Å². The van der Waals surface area contributed by atoms with Gasteiger partial charge in [-0.15, -0.1) is 0 Å². The van der Waals surface area contributed by atoms with Gasteiger partial charge in [-0.3, -0.25) is 20.4 Å². The molecule has 0 atom stereocenters. The van der Waals surface area contributed by atoms with E-state index in [0.717, 1.165) is 21.9 Å². The van der Waals surface area contributed by atoms with Crippen LogP contribution in [-0.4, -0.2) is 18.4 Å². The van der Waals surface area contributed by atoms with Crippen molar-refractivity contribution in [2.45, 2.75) is 13.3 Å². The number of hydrazine groups is 1.